The van der Waals surface area contributed by atoms with Gasteiger partial charge in [0.1, 0.15) is 5.75 Å². The van der Waals surface area contributed by atoms with Crippen molar-refractivity contribution >= 4 is 17.9 Å². The quantitative estimate of drug-likeness (QED) is 0.771. The molecule has 0 saturated carbocycles. The van der Waals surface area contributed by atoms with Gasteiger partial charge in [0.2, 0.25) is 11.8 Å². The molecule has 5 heteroatoms. The summed E-state index contributed by atoms with van der Waals surface area (Å²) >= 11 is 0. The van der Waals surface area contributed by atoms with Gasteiger partial charge >= 0.3 is 0 Å². The standard InChI is InChI=1S/C15H20N2O3/c1-11(2)17-15(19)10-16-14(18)8-7-12-5-4-6-13(9-12)20-3/h4-9,11H,10H2,1-3H3,(H,16,18)(H,17,19)/b8-7+. The molecule has 0 aromatic heterocycles. The first kappa shape index (κ1) is 15.8. The van der Waals surface area contributed by atoms with E-state index in [0.29, 0.717) is 0 Å². The van der Waals surface area contributed by atoms with Gasteiger partial charge in [-0.05, 0) is 37.6 Å². The lowest BCUT2D eigenvalue weighted by molar-refractivity contribution is -0.124. The first-order valence-electron chi connectivity index (χ1n) is 6.40. The Labute approximate surface area is 119 Å². The molecule has 0 radical (unpaired) electrons. The fourth-order valence-electron chi connectivity index (χ4n) is 1.52. The van der Waals surface area contributed by atoms with Crippen LogP contribution >= 0.6 is 0 Å². The van der Waals surface area contributed by atoms with Gasteiger partial charge in [0.05, 0.1) is 13.7 Å². The third-order valence-corrected chi connectivity index (χ3v) is 2.39. The van der Waals surface area contributed by atoms with Crippen molar-refractivity contribution < 1.29 is 14.3 Å². The van der Waals surface area contributed by atoms with E-state index in [1.54, 1.807) is 13.2 Å². The lowest BCUT2D eigenvalue weighted by Crippen LogP contribution is -2.39. The van der Waals surface area contributed by atoms with Crippen molar-refractivity contribution in [3.8, 4) is 5.75 Å². The molecule has 0 fully saturated rings. The number of methoxy groups -OCH3 is 1. The number of nitrogens with one attached hydrogen (secondary N) is 2. The minimum Gasteiger partial charge on any atom is -0.497 e. The molecule has 108 valence electrons. The van der Waals surface area contributed by atoms with Crippen LogP contribution < -0.4 is 15.4 Å². The van der Waals surface area contributed by atoms with Gasteiger partial charge in [0, 0.05) is 12.1 Å². The number of benzene rings is 1. The molecule has 20 heavy (non-hydrogen) atoms. The number of carbonyl (C=O) groups excluding carboxylic acids is 2. The minimum absolute atomic E-state index is 0.0283. The third-order valence-electron chi connectivity index (χ3n) is 2.39. The molecule has 2 amide bonds. The maximum atomic E-state index is 11.6. The lowest BCUT2D eigenvalue weighted by atomic mass is 10.2. The average molecular weight is 276 g/mol. The molecule has 0 unspecified atom stereocenters. The molecule has 0 aliphatic heterocycles. The summed E-state index contributed by atoms with van der Waals surface area (Å²) in [5.74, 6) is 0.207. The van der Waals surface area contributed by atoms with E-state index >= 15 is 0 Å². The summed E-state index contributed by atoms with van der Waals surface area (Å²) in [6.45, 7) is 3.70. The Morgan fingerprint density at radius 2 is 2.10 bits per heavy atom. The van der Waals surface area contributed by atoms with Crippen LogP contribution in [0.1, 0.15) is 19.4 Å². The normalized spacial score (nSPS) is 10.6. The van der Waals surface area contributed by atoms with Crippen LogP contribution in [-0.4, -0.2) is 31.5 Å². The average Bonchev–Trinajstić information content (AvgIpc) is 2.42. The third kappa shape index (κ3) is 6.04. The van der Waals surface area contributed by atoms with Crippen LogP contribution in [0.5, 0.6) is 5.75 Å². The lowest BCUT2D eigenvalue weighted by Gasteiger charge is -2.08. The second-order valence-electron chi connectivity index (χ2n) is 4.55. The maximum absolute atomic E-state index is 11.6. The largest absolute Gasteiger partial charge is 0.497 e. The van der Waals surface area contributed by atoms with Crippen molar-refractivity contribution in [1.29, 1.82) is 0 Å². The van der Waals surface area contributed by atoms with E-state index in [9.17, 15) is 9.59 Å². The molecule has 2 N–H and O–H groups in total. The Morgan fingerprint density at radius 1 is 1.35 bits per heavy atom. The molecule has 1 aromatic carbocycles. The highest BCUT2D eigenvalue weighted by Gasteiger charge is 2.04. The van der Waals surface area contributed by atoms with E-state index < -0.39 is 0 Å². The number of hydrogen-bond acceptors (Lipinski definition) is 3. The summed E-state index contributed by atoms with van der Waals surface area (Å²) in [5.41, 5.74) is 0.853. The van der Waals surface area contributed by atoms with Crippen molar-refractivity contribution in [2.24, 2.45) is 0 Å². The summed E-state index contributed by atoms with van der Waals surface area (Å²) in [4.78, 5) is 22.9. The number of rotatable bonds is 6. The van der Waals surface area contributed by atoms with Gasteiger partial charge < -0.3 is 15.4 Å². The van der Waals surface area contributed by atoms with Crippen LogP contribution in [0, 0.1) is 0 Å². The zero-order valence-corrected chi connectivity index (χ0v) is 12.0. The Hall–Kier alpha value is -2.30. The summed E-state index contributed by atoms with van der Waals surface area (Å²) in [6, 6.07) is 7.40. The minimum atomic E-state index is -0.313. The van der Waals surface area contributed by atoms with Crippen molar-refractivity contribution in [2.45, 2.75) is 19.9 Å². The zero-order chi connectivity index (χ0) is 15.0. The van der Waals surface area contributed by atoms with Crippen molar-refractivity contribution in [3.05, 3.63) is 35.9 Å². The van der Waals surface area contributed by atoms with E-state index in [2.05, 4.69) is 10.6 Å². The second kappa shape index (κ2) is 7.99. The van der Waals surface area contributed by atoms with Gasteiger partial charge in [-0.3, -0.25) is 9.59 Å². The molecular weight excluding hydrogens is 256 g/mol. The first-order chi connectivity index (χ1) is 9.51. The van der Waals surface area contributed by atoms with Crippen molar-refractivity contribution in [1.82, 2.24) is 10.6 Å². The number of carbonyl (C=O) groups is 2. The van der Waals surface area contributed by atoms with Gasteiger partial charge in [-0.25, -0.2) is 0 Å². The Kier molecular flexibility index (Phi) is 6.29. The first-order valence-corrected chi connectivity index (χ1v) is 6.40. The van der Waals surface area contributed by atoms with E-state index in [1.807, 2.05) is 38.1 Å². The molecule has 5 nitrogen and oxygen atoms in total. The van der Waals surface area contributed by atoms with Crippen LogP contribution in [0.4, 0.5) is 0 Å². The molecule has 0 aliphatic rings. The fourth-order valence-corrected chi connectivity index (χ4v) is 1.52. The number of hydrogen-bond donors (Lipinski definition) is 2. The van der Waals surface area contributed by atoms with E-state index in [1.165, 1.54) is 6.08 Å². The van der Waals surface area contributed by atoms with Crippen molar-refractivity contribution in [3.63, 3.8) is 0 Å². The smallest absolute Gasteiger partial charge is 0.244 e. The van der Waals surface area contributed by atoms with Gasteiger partial charge in [0.15, 0.2) is 0 Å². The van der Waals surface area contributed by atoms with Crippen LogP contribution in [0.15, 0.2) is 30.3 Å². The van der Waals surface area contributed by atoms with Gasteiger partial charge in [-0.15, -0.1) is 0 Å². The highest BCUT2D eigenvalue weighted by atomic mass is 16.5. The number of ether oxygens (including phenoxy) is 1. The summed E-state index contributed by atoms with van der Waals surface area (Å²) in [6.07, 6.45) is 3.05. The molecule has 1 aromatic rings. The van der Waals surface area contributed by atoms with Crippen LogP contribution in [0.2, 0.25) is 0 Å². The highest BCUT2D eigenvalue weighted by molar-refractivity contribution is 5.94. The maximum Gasteiger partial charge on any atom is 0.244 e. The SMILES string of the molecule is COc1cccc(/C=C/C(=O)NCC(=O)NC(C)C)c1. The zero-order valence-electron chi connectivity index (χ0n) is 12.0. The molecule has 0 heterocycles. The second-order valence-corrected chi connectivity index (χ2v) is 4.55. The predicted molar refractivity (Wildman–Crippen MR) is 78.3 cm³/mol. The summed E-state index contributed by atoms with van der Waals surface area (Å²) in [5, 5.41) is 5.21. The molecule has 0 aliphatic carbocycles. The fraction of sp³-hybridized carbons (Fsp3) is 0.333. The number of amides is 2. The Morgan fingerprint density at radius 3 is 2.75 bits per heavy atom. The molecule has 1 rings (SSSR count). The van der Waals surface area contributed by atoms with Crippen molar-refractivity contribution in [2.75, 3.05) is 13.7 Å². The predicted octanol–water partition coefficient (Wildman–Crippen LogP) is 1.35. The Bertz CT molecular complexity index is 496. The Balaban J connectivity index is 2.45. The molecule has 0 atom stereocenters. The van der Waals surface area contributed by atoms with E-state index in [-0.39, 0.29) is 24.4 Å². The molecular formula is C15H20N2O3. The molecule has 0 saturated heterocycles. The monoisotopic (exact) mass is 276 g/mol. The highest BCUT2D eigenvalue weighted by Crippen LogP contribution is 2.13. The summed E-state index contributed by atoms with van der Waals surface area (Å²) < 4.78 is 5.09. The summed E-state index contributed by atoms with van der Waals surface area (Å²) in [7, 11) is 1.59. The van der Waals surface area contributed by atoms with Gasteiger partial charge in [-0.2, -0.15) is 0 Å². The molecule has 0 spiro atoms. The van der Waals surface area contributed by atoms with Gasteiger partial charge in [0.25, 0.3) is 0 Å². The van der Waals surface area contributed by atoms with Crippen LogP contribution in [0.25, 0.3) is 6.08 Å². The van der Waals surface area contributed by atoms with Crippen LogP contribution in [-0.2, 0) is 9.59 Å². The molecule has 0 bridgehead atoms. The van der Waals surface area contributed by atoms with Gasteiger partial charge in [-0.1, -0.05) is 12.1 Å². The van der Waals surface area contributed by atoms with E-state index in [4.69, 9.17) is 4.74 Å². The van der Waals surface area contributed by atoms with Crippen LogP contribution in [0.3, 0.4) is 0 Å². The van der Waals surface area contributed by atoms with E-state index in [0.717, 1.165) is 11.3 Å². The topological polar surface area (TPSA) is 67.4 Å².